The van der Waals surface area contributed by atoms with E-state index in [1.807, 2.05) is 12.1 Å². The second-order valence-electron chi connectivity index (χ2n) is 7.24. The monoisotopic (exact) mass is 443 g/mol. The Morgan fingerprint density at radius 3 is 2.31 bits per heavy atom. The van der Waals surface area contributed by atoms with E-state index in [4.69, 9.17) is 11.6 Å². The number of aromatic nitrogens is 1. The van der Waals surface area contributed by atoms with Gasteiger partial charge in [-0.15, -0.1) is 12.4 Å². The van der Waals surface area contributed by atoms with Gasteiger partial charge in [-0.3, -0.25) is 0 Å². The fraction of sp³-hybridized carbons (Fsp3) is 0.333. The van der Waals surface area contributed by atoms with Crippen molar-refractivity contribution in [1.29, 1.82) is 0 Å². The third-order valence-corrected chi connectivity index (χ3v) is 5.52. The summed E-state index contributed by atoms with van der Waals surface area (Å²) in [4.78, 5) is 4.40. The van der Waals surface area contributed by atoms with E-state index in [-0.39, 0.29) is 19.0 Å². The molecule has 0 bridgehead atoms. The number of rotatable bonds is 3. The second kappa shape index (κ2) is 8.46. The van der Waals surface area contributed by atoms with E-state index in [1.54, 1.807) is 30.3 Å². The molecule has 0 spiro atoms. The minimum absolute atomic E-state index is 0. The summed E-state index contributed by atoms with van der Waals surface area (Å²) in [5.74, 6) is 0. The minimum Gasteiger partial charge on any atom is -0.368 e. The third-order valence-electron chi connectivity index (χ3n) is 5.29. The summed E-state index contributed by atoms with van der Waals surface area (Å²) in [6.45, 7) is 3.51. The molecular formula is C21H22Cl2F3N3. The van der Waals surface area contributed by atoms with E-state index in [9.17, 15) is 13.2 Å². The van der Waals surface area contributed by atoms with Crippen molar-refractivity contribution in [3.05, 3.63) is 64.8 Å². The Bertz CT molecular complexity index is 992. The van der Waals surface area contributed by atoms with Gasteiger partial charge in [-0.2, -0.15) is 13.2 Å². The quantitative estimate of drug-likeness (QED) is 0.526. The SMILES string of the molecule is CN1CCN(c2cccc3c2cc(C(F)(F)F)n3Cc2cccc(Cl)c2)CC1.Cl. The molecule has 1 aliphatic heterocycles. The van der Waals surface area contributed by atoms with Crippen LogP contribution in [0.15, 0.2) is 48.5 Å². The number of hydrogen-bond acceptors (Lipinski definition) is 2. The molecule has 3 aromatic rings. The zero-order chi connectivity index (χ0) is 19.9. The Kier molecular flexibility index (Phi) is 6.36. The van der Waals surface area contributed by atoms with Crippen molar-refractivity contribution in [2.75, 3.05) is 38.1 Å². The lowest BCUT2D eigenvalue weighted by atomic mass is 10.1. The van der Waals surface area contributed by atoms with Crippen LogP contribution in [0.1, 0.15) is 11.3 Å². The summed E-state index contributed by atoms with van der Waals surface area (Å²) in [5, 5.41) is 1.15. The van der Waals surface area contributed by atoms with Crippen molar-refractivity contribution in [1.82, 2.24) is 9.47 Å². The molecule has 1 fully saturated rings. The Morgan fingerprint density at radius 1 is 0.966 bits per heavy atom. The van der Waals surface area contributed by atoms with Gasteiger partial charge >= 0.3 is 6.18 Å². The van der Waals surface area contributed by atoms with Gasteiger partial charge in [-0.1, -0.05) is 29.8 Å². The number of hydrogen-bond donors (Lipinski definition) is 0. The number of piperazine rings is 1. The van der Waals surface area contributed by atoms with Gasteiger partial charge in [0.2, 0.25) is 0 Å². The van der Waals surface area contributed by atoms with E-state index in [0.29, 0.717) is 15.9 Å². The van der Waals surface area contributed by atoms with Gasteiger partial charge in [0, 0.05) is 48.8 Å². The van der Waals surface area contributed by atoms with E-state index >= 15 is 0 Å². The molecule has 2 aromatic carbocycles. The van der Waals surface area contributed by atoms with Crippen LogP contribution in [-0.4, -0.2) is 42.7 Å². The zero-order valence-electron chi connectivity index (χ0n) is 15.9. The fourth-order valence-corrected chi connectivity index (χ4v) is 4.03. The maximum absolute atomic E-state index is 13.8. The highest BCUT2D eigenvalue weighted by molar-refractivity contribution is 6.30. The first-order valence-electron chi connectivity index (χ1n) is 9.20. The molecule has 1 aliphatic rings. The highest BCUT2D eigenvalue weighted by atomic mass is 35.5. The van der Waals surface area contributed by atoms with E-state index < -0.39 is 11.9 Å². The van der Waals surface area contributed by atoms with Crippen LogP contribution in [0.25, 0.3) is 10.9 Å². The fourth-order valence-electron chi connectivity index (χ4n) is 3.82. The molecule has 0 saturated carbocycles. The van der Waals surface area contributed by atoms with Gasteiger partial charge in [-0.25, -0.2) is 0 Å². The molecule has 1 saturated heterocycles. The van der Waals surface area contributed by atoms with Crippen LogP contribution in [0.4, 0.5) is 18.9 Å². The van der Waals surface area contributed by atoms with Gasteiger partial charge in [-0.05, 0) is 42.9 Å². The van der Waals surface area contributed by atoms with Crippen LogP contribution in [0, 0.1) is 0 Å². The summed E-state index contributed by atoms with van der Waals surface area (Å²) in [7, 11) is 2.06. The standard InChI is InChI=1S/C21H21ClF3N3.ClH/c1-26-8-10-27(11-9-26)18-6-3-7-19-17(18)13-20(21(23,24)25)28(19)14-15-4-2-5-16(22)12-15;/h2-7,12-13H,8-11,14H2,1H3;1H. The molecule has 1 aromatic heterocycles. The van der Waals surface area contributed by atoms with Crippen molar-refractivity contribution in [2.24, 2.45) is 0 Å². The molecule has 0 unspecified atom stereocenters. The summed E-state index contributed by atoms with van der Waals surface area (Å²) in [6.07, 6.45) is -4.43. The van der Waals surface area contributed by atoms with Crippen LogP contribution in [0.3, 0.4) is 0 Å². The van der Waals surface area contributed by atoms with Gasteiger partial charge in [0.25, 0.3) is 0 Å². The lowest BCUT2D eigenvalue weighted by Crippen LogP contribution is -2.44. The van der Waals surface area contributed by atoms with Crippen LogP contribution in [0.2, 0.25) is 5.02 Å². The Morgan fingerprint density at radius 2 is 1.66 bits per heavy atom. The summed E-state index contributed by atoms with van der Waals surface area (Å²) < 4.78 is 42.8. The molecule has 3 nitrogen and oxygen atoms in total. The Balaban J connectivity index is 0.00000240. The number of anilines is 1. The molecular weight excluding hydrogens is 422 g/mol. The lowest BCUT2D eigenvalue weighted by Gasteiger charge is -2.34. The number of alkyl halides is 3. The van der Waals surface area contributed by atoms with Gasteiger partial charge in [0.1, 0.15) is 5.69 Å². The van der Waals surface area contributed by atoms with Gasteiger partial charge in [0.15, 0.2) is 0 Å². The summed E-state index contributed by atoms with van der Waals surface area (Å²) in [5.41, 5.74) is 1.55. The molecule has 29 heavy (non-hydrogen) atoms. The maximum Gasteiger partial charge on any atom is 0.431 e. The highest BCUT2D eigenvalue weighted by Gasteiger charge is 2.36. The Labute approximate surface area is 179 Å². The van der Waals surface area contributed by atoms with Crippen molar-refractivity contribution >= 4 is 40.6 Å². The zero-order valence-corrected chi connectivity index (χ0v) is 17.5. The number of nitrogens with zero attached hydrogens (tertiary/aromatic N) is 3. The van der Waals surface area contributed by atoms with Crippen LogP contribution in [-0.2, 0) is 12.7 Å². The van der Waals surface area contributed by atoms with E-state index in [0.717, 1.165) is 37.4 Å². The minimum atomic E-state index is -4.43. The maximum atomic E-state index is 13.8. The number of fused-ring (bicyclic) bond motifs is 1. The smallest absolute Gasteiger partial charge is 0.368 e. The first kappa shape index (κ1) is 21.8. The van der Waals surface area contributed by atoms with Crippen molar-refractivity contribution in [3.8, 4) is 0 Å². The lowest BCUT2D eigenvalue weighted by molar-refractivity contribution is -0.143. The average molecular weight is 444 g/mol. The normalized spacial score (nSPS) is 15.6. The molecule has 4 rings (SSSR count). The van der Waals surface area contributed by atoms with Crippen LogP contribution < -0.4 is 4.90 Å². The van der Waals surface area contributed by atoms with Crippen molar-refractivity contribution < 1.29 is 13.2 Å². The summed E-state index contributed by atoms with van der Waals surface area (Å²) >= 11 is 6.03. The van der Waals surface area contributed by atoms with E-state index in [2.05, 4.69) is 16.8 Å². The first-order valence-corrected chi connectivity index (χ1v) is 9.58. The Hall–Kier alpha value is -1.89. The second-order valence-corrected chi connectivity index (χ2v) is 7.68. The molecule has 0 radical (unpaired) electrons. The van der Waals surface area contributed by atoms with Crippen molar-refractivity contribution in [2.45, 2.75) is 12.7 Å². The molecule has 8 heteroatoms. The predicted octanol–water partition coefficient (Wildman–Crippen LogP) is 5.54. The van der Waals surface area contributed by atoms with Crippen LogP contribution in [0.5, 0.6) is 0 Å². The summed E-state index contributed by atoms with van der Waals surface area (Å²) in [6, 6.07) is 13.8. The topological polar surface area (TPSA) is 11.4 Å². The number of benzene rings is 2. The van der Waals surface area contributed by atoms with E-state index in [1.165, 1.54) is 10.6 Å². The molecule has 0 atom stereocenters. The van der Waals surface area contributed by atoms with Gasteiger partial charge in [0.05, 0.1) is 5.52 Å². The third kappa shape index (κ3) is 4.49. The molecule has 2 heterocycles. The predicted molar refractivity (Wildman–Crippen MR) is 114 cm³/mol. The number of halogens is 5. The van der Waals surface area contributed by atoms with Crippen molar-refractivity contribution in [3.63, 3.8) is 0 Å². The van der Waals surface area contributed by atoms with Gasteiger partial charge < -0.3 is 14.4 Å². The molecule has 156 valence electrons. The first-order chi connectivity index (χ1) is 13.3. The van der Waals surface area contributed by atoms with Crippen LogP contribution >= 0.6 is 24.0 Å². The number of likely N-dealkylation sites (N-methyl/N-ethyl adjacent to an activating group) is 1. The molecule has 0 N–H and O–H groups in total. The highest BCUT2D eigenvalue weighted by Crippen LogP contribution is 2.38. The molecule has 0 amide bonds. The molecule has 0 aliphatic carbocycles. The largest absolute Gasteiger partial charge is 0.431 e. The average Bonchev–Trinajstić information content (AvgIpc) is 3.02.